The van der Waals surface area contributed by atoms with Gasteiger partial charge in [0.25, 0.3) is 0 Å². The van der Waals surface area contributed by atoms with Crippen LogP contribution in [0, 0.1) is 20.8 Å². The van der Waals surface area contributed by atoms with Gasteiger partial charge in [0, 0.05) is 11.1 Å². The van der Waals surface area contributed by atoms with Gasteiger partial charge in [-0.1, -0.05) is 29.3 Å². The van der Waals surface area contributed by atoms with Gasteiger partial charge in [-0.2, -0.15) is 0 Å². The van der Waals surface area contributed by atoms with Crippen molar-refractivity contribution in [1.29, 1.82) is 0 Å². The highest BCUT2D eigenvalue weighted by Crippen LogP contribution is 2.32. The highest BCUT2D eigenvalue weighted by molar-refractivity contribution is 6.07. The van der Waals surface area contributed by atoms with E-state index in [1.54, 1.807) is 6.92 Å². The molecule has 4 heteroatoms. The van der Waals surface area contributed by atoms with Gasteiger partial charge in [-0.15, -0.1) is 0 Å². The molecule has 0 amide bonds. The molecule has 0 bridgehead atoms. The molecule has 1 N–H and O–H groups in total. The van der Waals surface area contributed by atoms with E-state index in [2.05, 4.69) is 10.3 Å². The minimum atomic E-state index is -0.356. The van der Waals surface area contributed by atoms with Crippen LogP contribution >= 0.6 is 0 Å². The molecule has 3 aromatic rings. The number of hydrogen-bond acceptors (Lipinski definition) is 4. The van der Waals surface area contributed by atoms with Gasteiger partial charge in [0.05, 0.1) is 23.5 Å². The second-order valence-electron chi connectivity index (χ2n) is 6.18. The summed E-state index contributed by atoms with van der Waals surface area (Å²) in [6.07, 6.45) is 0. The normalized spacial score (nSPS) is 10.7. The second kappa shape index (κ2) is 6.93. The third-order valence-corrected chi connectivity index (χ3v) is 4.12. The number of pyridine rings is 1. The minimum Gasteiger partial charge on any atom is -0.462 e. The summed E-state index contributed by atoms with van der Waals surface area (Å²) >= 11 is 0. The number of hydrogen-bond donors (Lipinski definition) is 1. The van der Waals surface area contributed by atoms with Crippen LogP contribution in [0.3, 0.4) is 0 Å². The number of rotatable bonds is 4. The second-order valence-corrected chi connectivity index (χ2v) is 6.18. The largest absolute Gasteiger partial charge is 0.462 e. The predicted molar refractivity (Wildman–Crippen MR) is 102 cm³/mol. The predicted octanol–water partition coefficient (Wildman–Crippen LogP) is 5.08. The third kappa shape index (κ3) is 3.48. The van der Waals surface area contributed by atoms with E-state index in [-0.39, 0.29) is 5.97 Å². The van der Waals surface area contributed by atoms with E-state index < -0.39 is 0 Å². The van der Waals surface area contributed by atoms with Gasteiger partial charge in [0.1, 0.15) is 5.56 Å². The molecule has 1 aromatic heterocycles. The van der Waals surface area contributed by atoms with Crippen LogP contribution in [-0.4, -0.2) is 17.6 Å². The van der Waals surface area contributed by atoms with E-state index in [1.807, 2.05) is 63.2 Å². The van der Waals surface area contributed by atoms with E-state index in [9.17, 15) is 4.79 Å². The molecule has 0 saturated heterocycles. The van der Waals surface area contributed by atoms with E-state index in [0.717, 1.165) is 27.8 Å². The van der Waals surface area contributed by atoms with E-state index in [1.165, 1.54) is 5.56 Å². The standard InChI is InChI=1S/C21H22N2O2/c1-5-25-21(24)19-15(4)22-18-11-8-14(3)12-17(18)20(19)23-16-9-6-13(2)7-10-16/h6-12H,5H2,1-4H3,(H,22,23). The lowest BCUT2D eigenvalue weighted by Crippen LogP contribution is -2.12. The maximum absolute atomic E-state index is 12.6. The van der Waals surface area contributed by atoms with Crippen molar-refractivity contribution < 1.29 is 9.53 Å². The van der Waals surface area contributed by atoms with Crippen molar-refractivity contribution in [2.45, 2.75) is 27.7 Å². The average Bonchev–Trinajstić information content (AvgIpc) is 2.57. The monoisotopic (exact) mass is 334 g/mol. The molecule has 0 saturated carbocycles. The van der Waals surface area contributed by atoms with Crippen molar-refractivity contribution in [3.8, 4) is 0 Å². The zero-order valence-corrected chi connectivity index (χ0v) is 15.0. The molecule has 0 atom stereocenters. The molecule has 0 aliphatic heterocycles. The molecule has 3 rings (SSSR count). The number of benzene rings is 2. The summed E-state index contributed by atoms with van der Waals surface area (Å²) in [5.74, 6) is -0.356. The van der Waals surface area contributed by atoms with Gasteiger partial charge in [-0.05, 0) is 52.0 Å². The number of carbonyl (C=O) groups excluding carboxylic acids is 1. The molecular weight excluding hydrogens is 312 g/mol. The van der Waals surface area contributed by atoms with Crippen LogP contribution in [0.25, 0.3) is 10.9 Å². The lowest BCUT2D eigenvalue weighted by Gasteiger charge is -2.17. The Balaban J connectivity index is 2.23. The summed E-state index contributed by atoms with van der Waals surface area (Å²) in [5.41, 5.74) is 5.96. The van der Waals surface area contributed by atoms with Gasteiger partial charge in [0.15, 0.2) is 0 Å². The Morgan fingerprint density at radius 2 is 1.72 bits per heavy atom. The first kappa shape index (κ1) is 17.0. The zero-order chi connectivity index (χ0) is 18.0. The molecule has 4 nitrogen and oxygen atoms in total. The summed E-state index contributed by atoms with van der Waals surface area (Å²) in [6, 6.07) is 14.1. The first-order valence-corrected chi connectivity index (χ1v) is 8.41. The Morgan fingerprint density at radius 3 is 2.40 bits per heavy atom. The number of aryl methyl sites for hydroxylation is 3. The summed E-state index contributed by atoms with van der Waals surface area (Å²) in [5, 5.41) is 4.32. The Bertz CT molecular complexity index is 931. The molecule has 0 radical (unpaired) electrons. The van der Waals surface area contributed by atoms with Gasteiger partial charge in [0.2, 0.25) is 0 Å². The van der Waals surface area contributed by atoms with Crippen molar-refractivity contribution in [2.75, 3.05) is 11.9 Å². The fourth-order valence-corrected chi connectivity index (χ4v) is 2.86. The number of nitrogens with zero attached hydrogens (tertiary/aromatic N) is 1. The SMILES string of the molecule is CCOC(=O)c1c(C)nc2ccc(C)cc2c1Nc1ccc(C)cc1. The summed E-state index contributed by atoms with van der Waals surface area (Å²) in [7, 11) is 0. The number of anilines is 2. The number of carbonyl (C=O) groups is 1. The fraction of sp³-hybridized carbons (Fsp3) is 0.238. The van der Waals surface area contributed by atoms with E-state index in [0.29, 0.717) is 17.9 Å². The van der Waals surface area contributed by atoms with Gasteiger partial charge in [-0.25, -0.2) is 4.79 Å². The average molecular weight is 334 g/mol. The van der Waals surface area contributed by atoms with Crippen molar-refractivity contribution in [2.24, 2.45) is 0 Å². The van der Waals surface area contributed by atoms with E-state index in [4.69, 9.17) is 4.74 Å². The maximum Gasteiger partial charge on any atom is 0.342 e. The van der Waals surface area contributed by atoms with Gasteiger partial charge in [-0.3, -0.25) is 4.98 Å². The molecule has 1 heterocycles. The lowest BCUT2D eigenvalue weighted by molar-refractivity contribution is 0.0526. The zero-order valence-electron chi connectivity index (χ0n) is 15.0. The smallest absolute Gasteiger partial charge is 0.342 e. The van der Waals surface area contributed by atoms with E-state index >= 15 is 0 Å². The van der Waals surface area contributed by atoms with Crippen LogP contribution in [0.4, 0.5) is 11.4 Å². The molecule has 0 spiro atoms. The Labute approximate surface area is 147 Å². The number of ether oxygens (including phenoxy) is 1. The number of nitrogens with one attached hydrogen (secondary N) is 1. The molecule has 0 fully saturated rings. The molecule has 0 aliphatic carbocycles. The van der Waals surface area contributed by atoms with Crippen molar-refractivity contribution >= 4 is 28.2 Å². The molecule has 25 heavy (non-hydrogen) atoms. The first-order chi connectivity index (χ1) is 12.0. The summed E-state index contributed by atoms with van der Waals surface area (Å²) in [6.45, 7) is 8.04. The van der Waals surface area contributed by atoms with Crippen LogP contribution in [0.2, 0.25) is 0 Å². The van der Waals surface area contributed by atoms with Crippen LogP contribution in [0.1, 0.15) is 34.1 Å². The Morgan fingerprint density at radius 1 is 1.04 bits per heavy atom. The van der Waals surface area contributed by atoms with Crippen LogP contribution in [0.5, 0.6) is 0 Å². The highest BCUT2D eigenvalue weighted by atomic mass is 16.5. The Kier molecular flexibility index (Phi) is 4.70. The molecular formula is C21H22N2O2. The summed E-state index contributed by atoms with van der Waals surface area (Å²) < 4.78 is 5.27. The summed E-state index contributed by atoms with van der Waals surface area (Å²) in [4.78, 5) is 17.2. The number of fused-ring (bicyclic) bond motifs is 1. The number of aromatic nitrogens is 1. The molecule has 0 aliphatic rings. The molecule has 2 aromatic carbocycles. The van der Waals surface area contributed by atoms with Crippen molar-refractivity contribution in [1.82, 2.24) is 4.98 Å². The lowest BCUT2D eigenvalue weighted by atomic mass is 10.0. The number of esters is 1. The van der Waals surface area contributed by atoms with Crippen molar-refractivity contribution in [3.63, 3.8) is 0 Å². The van der Waals surface area contributed by atoms with Gasteiger partial charge >= 0.3 is 5.97 Å². The maximum atomic E-state index is 12.6. The highest BCUT2D eigenvalue weighted by Gasteiger charge is 2.20. The molecule has 128 valence electrons. The van der Waals surface area contributed by atoms with Gasteiger partial charge < -0.3 is 10.1 Å². The molecule has 0 unspecified atom stereocenters. The third-order valence-electron chi connectivity index (χ3n) is 4.12. The van der Waals surface area contributed by atoms with Crippen LogP contribution in [-0.2, 0) is 4.74 Å². The minimum absolute atomic E-state index is 0.327. The quantitative estimate of drug-likeness (QED) is 0.676. The van der Waals surface area contributed by atoms with Crippen LogP contribution in [0.15, 0.2) is 42.5 Å². The Hall–Kier alpha value is -2.88. The first-order valence-electron chi connectivity index (χ1n) is 8.41. The fourth-order valence-electron chi connectivity index (χ4n) is 2.86. The van der Waals surface area contributed by atoms with Crippen molar-refractivity contribution in [3.05, 3.63) is 64.8 Å². The van der Waals surface area contributed by atoms with Crippen LogP contribution < -0.4 is 5.32 Å². The topological polar surface area (TPSA) is 51.2 Å².